The summed E-state index contributed by atoms with van der Waals surface area (Å²) in [5.74, 6) is 1.81. The lowest BCUT2D eigenvalue weighted by Crippen LogP contribution is -2.06. The third-order valence-corrected chi connectivity index (χ3v) is 6.27. The van der Waals surface area contributed by atoms with Crippen LogP contribution in [-0.2, 0) is 9.47 Å². The average Bonchev–Trinajstić information content (AvgIpc) is 3.72. The summed E-state index contributed by atoms with van der Waals surface area (Å²) in [4.78, 5) is 23.1. The van der Waals surface area contributed by atoms with Gasteiger partial charge in [0.1, 0.15) is 22.6 Å². The smallest absolute Gasteiger partial charge is 0.341 e. The number of halogens is 1. The standard InChI is InChI=1S/C13H15BrO3.C13H16O3/c1-3-17-12-7-9(8-4-5-8)11(14)6-10(12)13(15)16-2;1-3-16-12-8-10(9-4-5-9)6-7-11(12)13(14)15-2/h6-8H,3-5H2,1-2H3;6-9H,3-5H2,1-2H3. The molecule has 2 fully saturated rings. The molecule has 0 spiro atoms. The number of hydrogen-bond acceptors (Lipinski definition) is 6. The lowest BCUT2D eigenvalue weighted by Gasteiger charge is -2.12. The van der Waals surface area contributed by atoms with Crippen molar-refractivity contribution in [1.29, 1.82) is 0 Å². The minimum absolute atomic E-state index is 0.342. The highest BCUT2D eigenvalue weighted by Gasteiger charge is 2.28. The van der Waals surface area contributed by atoms with Crippen molar-refractivity contribution in [2.75, 3.05) is 27.4 Å². The number of benzene rings is 2. The van der Waals surface area contributed by atoms with Crippen LogP contribution in [0.3, 0.4) is 0 Å². The van der Waals surface area contributed by atoms with Crippen LogP contribution in [0.25, 0.3) is 0 Å². The number of methoxy groups -OCH3 is 2. The van der Waals surface area contributed by atoms with Gasteiger partial charge >= 0.3 is 11.9 Å². The van der Waals surface area contributed by atoms with E-state index in [9.17, 15) is 9.59 Å². The summed E-state index contributed by atoms with van der Waals surface area (Å²) in [5.41, 5.74) is 3.47. The predicted octanol–water partition coefficient (Wildman–Crippen LogP) is 6.26. The Hall–Kier alpha value is -2.54. The van der Waals surface area contributed by atoms with E-state index in [0.29, 0.717) is 47.7 Å². The van der Waals surface area contributed by atoms with Crippen LogP contribution in [0.2, 0.25) is 0 Å². The summed E-state index contributed by atoms with van der Waals surface area (Å²) in [7, 11) is 2.76. The van der Waals surface area contributed by atoms with Crippen LogP contribution in [0.1, 0.15) is 83.2 Å². The van der Waals surface area contributed by atoms with Gasteiger partial charge in [0.25, 0.3) is 0 Å². The minimum atomic E-state index is -0.364. The molecule has 0 heterocycles. The normalized spacial score (nSPS) is 14.6. The third kappa shape index (κ3) is 6.50. The van der Waals surface area contributed by atoms with Gasteiger partial charge in [0.05, 0.1) is 27.4 Å². The second kappa shape index (κ2) is 11.5. The van der Waals surface area contributed by atoms with Crippen molar-refractivity contribution in [1.82, 2.24) is 0 Å². The van der Waals surface area contributed by atoms with Crippen LogP contribution in [0, 0.1) is 0 Å². The van der Waals surface area contributed by atoms with Gasteiger partial charge in [0, 0.05) is 4.47 Å². The zero-order valence-corrected chi connectivity index (χ0v) is 21.2. The van der Waals surface area contributed by atoms with Gasteiger partial charge in [-0.1, -0.05) is 22.0 Å². The maximum atomic E-state index is 11.6. The van der Waals surface area contributed by atoms with Crippen molar-refractivity contribution in [3.8, 4) is 11.5 Å². The van der Waals surface area contributed by atoms with Crippen LogP contribution in [-0.4, -0.2) is 39.4 Å². The zero-order valence-electron chi connectivity index (χ0n) is 19.6. The Kier molecular flexibility index (Phi) is 8.78. The monoisotopic (exact) mass is 518 g/mol. The number of esters is 2. The van der Waals surface area contributed by atoms with E-state index >= 15 is 0 Å². The van der Waals surface area contributed by atoms with Crippen LogP contribution in [0.15, 0.2) is 34.8 Å². The Balaban J connectivity index is 0.000000186. The summed E-state index contributed by atoms with van der Waals surface area (Å²) < 4.78 is 21.4. The second-order valence-corrected chi connectivity index (χ2v) is 8.88. The van der Waals surface area contributed by atoms with E-state index in [1.54, 1.807) is 12.1 Å². The molecule has 178 valence electrons. The van der Waals surface area contributed by atoms with E-state index in [4.69, 9.17) is 18.9 Å². The summed E-state index contributed by atoms with van der Waals surface area (Å²) in [6.45, 7) is 4.90. The lowest BCUT2D eigenvalue weighted by atomic mass is 10.1. The van der Waals surface area contributed by atoms with Crippen LogP contribution < -0.4 is 9.47 Å². The minimum Gasteiger partial charge on any atom is -0.493 e. The number of rotatable bonds is 8. The molecule has 2 saturated carbocycles. The van der Waals surface area contributed by atoms with Gasteiger partial charge in [-0.15, -0.1) is 0 Å². The maximum Gasteiger partial charge on any atom is 0.341 e. The zero-order chi connectivity index (χ0) is 24.0. The van der Waals surface area contributed by atoms with Crippen LogP contribution in [0.4, 0.5) is 0 Å². The molecule has 2 aromatic carbocycles. The van der Waals surface area contributed by atoms with Crippen LogP contribution in [0.5, 0.6) is 11.5 Å². The third-order valence-electron chi connectivity index (χ3n) is 5.58. The van der Waals surface area contributed by atoms with Gasteiger partial charge in [-0.25, -0.2) is 9.59 Å². The van der Waals surface area contributed by atoms with Crippen molar-refractivity contribution < 1.29 is 28.5 Å². The molecule has 0 radical (unpaired) electrons. The average molecular weight is 519 g/mol. The fourth-order valence-corrected chi connectivity index (χ4v) is 4.25. The van der Waals surface area contributed by atoms with E-state index in [-0.39, 0.29) is 11.9 Å². The highest BCUT2D eigenvalue weighted by Crippen LogP contribution is 2.45. The molecular formula is C26H31BrO6. The van der Waals surface area contributed by atoms with E-state index in [1.807, 2.05) is 32.0 Å². The molecule has 0 saturated heterocycles. The topological polar surface area (TPSA) is 71.1 Å². The molecule has 6 nitrogen and oxygen atoms in total. The van der Waals surface area contributed by atoms with Gasteiger partial charge in [-0.2, -0.15) is 0 Å². The number of carbonyl (C=O) groups excluding carboxylic acids is 2. The van der Waals surface area contributed by atoms with Gasteiger partial charge in [0.2, 0.25) is 0 Å². The van der Waals surface area contributed by atoms with Crippen molar-refractivity contribution in [3.05, 3.63) is 57.1 Å². The highest BCUT2D eigenvalue weighted by atomic mass is 79.9. The molecular weight excluding hydrogens is 488 g/mol. The first-order chi connectivity index (χ1) is 15.9. The van der Waals surface area contributed by atoms with E-state index < -0.39 is 0 Å². The summed E-state index contributed by atoms with van der Waals surface area (Å²) in [6, 6.07) is 9.51. The number of ether oxygens (including phenoxy) is 4. The second-order valence-electron chi connectivity index (χ2n) is 8.02. The number of hydrogen-bond donors (Lipinski definition) is 0. The Morgan fingerprint density at radius 2 is 1.36 bits per heavy atom. The quantitative estimate of drug-likeness (QED) is 0.384. The van der Waals surface area contributed by atoms with E-state index in [2.05, 4.69) is 15.9 Å². The van der Waals surface area contributed by atoms with Gasteiger partial charge < -0.3 is 18.9 Å². The fraction of sp³-hybridized carbons (Fsp3) is 0.462. The Morgan fingerprint density at radius 3 is 1.88 bits per heavy atom. The summed E-state index contributed by atoms with van der Waals surface area (Å²) in [5, 5.41) is 0. The first kappa shape index (κ1) is 25.1. The lowest BCUT2D eigenvalue weighted by molar-refractivity contribution is 0.0587. The molecule has 7 heteroatoms. The molecule has 0 N–H and O–H groups in total. The molecule has 0 atom stereocenters. The molecule has 0 unspecified atom stereocenters. The first-order valence-corrected chi connectivity index (χ1v) is 12.1. The molecule has 2 aliphatic rings. The molecule has 33 heavy (non-hydrogen) atoms. The number of carbonyl (C=O) groups is 2. The molecule has 0 bridgehead atoms. The van der Waals surface area contributed by atoms with E-state index in [1.165, 1.54) is 51.0 Å². The predicted molar refractivity (Wildman–Crippen MR) is 130 cm³/mol. The molecule has 0 amide bonds. The van der Waals surface area contributed by atoms with Gasteiger partial charge in [-0.05, 0) is 86.8 Å². The van der Waals surface area contributed by atoms with Crippen molar-refractivity contribution in [2.45, 2.75) is 51.4 Å². The molecule has 2 aliphatic carbocycles. The SMILES string of the molecule is CCOc1cc(C2CC2)c(Br)cc1C(=O)OC.CCOc1cc(C2CC2)ccc1C(=O)OC. The van der Waals surface area contributed by atoms with E-state index in [0.717, 1.165) is 4.47 Å². The largest absolute Gasteiger partial charge is 0.493 e. The maximum absolute atomic E-state index is 11.6. The molecule has 0 aromatic heterocycles. The van der Waals surface area contributed by atoms with Gasteiger partial charge in [-0.3, -0.25) is 0 Å². The van der Waals surface area contributed by atoms with Crippen molar-refractivity contribution in [2.24, 2.45) is 0 Å². The summed E-state index contributed by atoms with van der Waals surface area (Å²) >= 11 is 3.51. The Bertz CT molecular complexity index is 995. The van der Waals surface area contributed by atoms with Crippen LogP contribution >= 0.6 is 15.9 Å². The van der Waals surface area contributed by atoms with Crippen molar-refractivity contribution in [3.63, 3.8) is 0 Å². The van der Waals surface area contributed by atoms with Gasteiger partial charge in [0.15, 0.2) is 0 Å². The molecule has 0 aliphatic heterocycles. The first-order valence-electron chi connectivity index (χ1n) is 11.3. The fourth-order valence-electron chi connectivity index (χ4n) is 3.58. The summed E-state index contributed by atoms with van der Waals surface area (Å²) in [6.07, 6.45) is 4.90. The van der Waals surface area contributed by atoms with Crippen molar-refractivity contribution >= 4 is 27.9 Å². The highest BCUT2D eigenvalue weighted by molar-refractivity contribution is 9.10. The Labute approximate surface area is 203 Å². The molecule has 2 aromatic rings. The Morgan fingerprint density at radius 1 is 0.818 bits per heavy atom. The molecule has 4 rings (SSSR count).